The molecule has 0 aliphatic carbocycles. The summed E-state index contributed by atoms with van der Waals surface area (Å²) in [6.07, 6.45) is 9.22. The first-order valence-corrected chi connectivity index (χ1v) is 14.0. The van der Waals surface area contributed by atoms with E-state index in [4.69, 9.17) is 23.3 Å². The molecule has 0 saturated heterocycles. The quantitative estimate of drug-likeness (QED) is 0.155. The number of phosphoric acid groups is 1. The first kappa shape index (κ1) is 28.8. The molecule has 1 atom stereocenters. The van der Waals surface area contributed by atoms with Crippen molar-refractivity contribution < 1.29 is 32.7 Å². The van der Waals surface area contributed by atoms with E-state index in [2.05, 4.69) is 19.1 Å². The molecule has 0 fully saturated rings. The van der Waals surface area contributed by atoms with Crippen LogP contribution in [0, 0.1) is 0 Å². The predicted molar refractivity (Wildman–Crippen MR) is 135 cm³/mol. The van der Waals surface area contributed by atoms with Crippen molar-refractivity contribution in [1.29, 1.82) is 0 Å². The molecule has 34 heavy (non-hydrogen) atoms. The fraction of sp³-hybridized carbons (Fsp3) is 0.615. The minimum Gasteiger partial charge on any atom is -0.491 e. The average molecular weight is 497 g/mol. The van der Waals surface area contributed by atoms with E-state index in [0.29, 0.717) is 26.4 Å². The zero-order chi connectivity index (χ0) is 24.3. The van der Waals surface area contributed by atoms with Gasteiger partial charge in [0.2, 0.25) is 0 Å². The lowest BCUT2D eigenvalue weighted by atomic mass is 10.1. The van der Waals surface area contributed by atoms with E-state index in [1.807, 2.05) is 30.3 Å². The molecule has 8 heteroatoms. The standard InChI is InChI=1S/C26H41O7P/c1-2-3-4-5-6-7-8-11-17-32-34(27,28)33-23-21-30-19-18-29-20-22-31-26-16-12-14-24-13-9-10-15-25(24)26/h9-10,12-16H,2-8,11,17-23H2,1H3,(H,27,28). The molecule has 0 saturated carbocycles. The van der Waals surface area contributed by atoms with Crippen molar-refractivity contribution >= 4 is 18.6 Å². The van der Waals surface area contributed by atoms with E-state index in [1.165, 1.54) is 32.1 Å². The van der Waals surface area contributed by atoms with E-state index in [-0.39, 0.29) is 19.8 Å². The van der Waals surface area contributed by atoms with Crippen molar-refractivity contribution in [3.63, 3.8) is 0 Å². The van der Waals surface area contributed by atoms with Crippen molar-refractivity contribution in [3.8, 4) is 5.75 Å². The second kappa shape index (κ2) is 17.9. The van der Waals surface area contributed by atoms with Crippen LogP contribution < -0.4 is 4.74 Å². The molecule has 7 nitrogen and oxygen atoms in total. The molecule has 0 aliphatic rings. The van der Waals surface area contributed by atoms with Crippen LogP contribution in [0.15, 0.2) is 42.5 Å². The fourth-order valence-electron chi connectivity index (χ4n) is 3.52. The average Bonchev–Trinajstić information content (AvgIpc) is 2.84. The summed E-state index contributed by atoms with van der Waals surface area (Å²) in [5, 5.41) is 2.22. The van der Waals surface area contributed by atoms with Crippen LogP contribution in [0.2, 0.25) is 0 Å². The van der Waals surface area contributed by atoms with Gasteiger partial charge in [-0.25, -0.2) is 4.57 Å². The SMILES string of the molecule is CCCCCCCCCCOP(=O)(O)OCCOCCOCCOc1cccc2ccccc12. The third-order valence-electron chi connectivity index (χ3n) is 5.34. The molecule has 0 heterocycles. The molecule has 1 N–H and O–H groups in total. The minimum absolute atomic E-state index is 0.00456. The van der Waals surface area contributed by atoms with Crippen LogP contribution in [0.4, 0.5) is 0 Å². The van der Waals surface area contributed by atoms with Crippen molar-refractivity contribution in [2.24, 2.45) is 0 Å². The van der Waals surface area contributed by atoms with Gasteiger partial charge in [-0.3, -0.25) is 9.05 Å². The molecule has 0 radical (unpaired) electrons. The molecular weight excluding hydrogens is 455 g/mol. The minimum atomic E-state index is -4.01. The molecule has 1 unspecified atom stereocenters. The first-order chi connectivity index (χ1) is 16.6. The highest BCUT2D eigenvalue weighted by Crippen LogP contribution is 2.43. The van der Waals surface area contributed by atoms with Gasteiger partial charge < -0.3 is 19.1 Å². The second-order valence-electron chi connectivity index (χ2n) is 8.16. The van der Waals surface area contributed by atoms with E-state index in [1.54, 1.807) is 0 Å². The Bertz CT molecular complexity index is 824. The molecular formula is C26H41O7P. The van der Waals surface area contributed by atoms with Gasteiger partial charge in [-0.05, 0) is 17.9 Å². The van der Waals surface area contributed by atoms with Gasteiger partial charge in [0.1, 0.15) is 12.4 Å². The molecule has 0 bridgehead atoms. The normalized spacial score (nSPS) is 13.2. The lowest BCUT2D eigenvalue weighted by molar-refractivity contribution is 0.0225. The van der Waals surface area contributed by atoms with E-state index in [9.17, 15) is 9.46 Å². The van der Waals surface area contributed by atoms with Crippen LogP contribution in [0.3, 0.4) is 0 Å². The Labute approximate surface area is 204 Å². The van der Waals surface area contributed by atoms with Gasteiger partial charge in [0, 0.05) is 5.39 Å². The second-order valence-corrected chi connectivity index (χ2v) is 9.61. The maximum absolute atomic E-state index is 11.8. The summed E-state index contributed by atoms with van der Waals surface area (Å²) in [7, 11) is -4.01. The zero-order valence-corrected chi connectivity index (χ0v) is 21.4. The summed E-state index contributed by atoms with van der Waals surface area (Å²) in [4.78, 5) is 9.69. The van der Waals surface area contributed by atoms with Gasteiger partial charge in [0.05, 0.1) is 39.6 Å². The Hall–Kier alpha value is -1.47. The number of fused-ring (bicyclic) bond motifs is 1. The highest BCUT2D eigenvalue weighted by molar-refractivity contribution is 7.47. The van der Waals surface area contributed by atoms with Crippen LogP contribution in [0.25, 0.3) is 10.8 Å². The maximum Gasteiger partial charge on any atom is 0.472 e. The third kappa shape index (κ3) is 12.8. The van der Waals surface area contributed by atoms with Gasteiger partial charge in [-0.1, -0.05) is 88.3 Å². The number of ether oxygens (including phenoxy) is 3. The summed E-state index contributed by atoms with van der Waals surface area (Å²) in [6, 6.07) is 14.1. The van der Waals surface area contributed by atoms with Crippen molar-refractivity contribution in [1.82, 2.24) is 0 Å². The summed E-state index contributed by atoms with van der Waals surface area (Å²) < 4.78 is 38.5. The Balaban J connectivity index is 1.39. The number of unbranched alkanes of at least 4 members (excludes halogenated alkanes) is 7. The van der Waals surface area contributed by atoms with Gasteiger partial charge in [0.25, 0.3) is 0 Å². The van der Waals surface area contributed by atoms with E-state index in [0.717, 1.165) is 35.8 Å². The molecule has 2 aromatic rings. The van der Waals surface area contributed by atoms with Crippen LogP contribution in [0.5, 0.6) is 5.75 Å². The zero-order valence-electron chi connectivity index (χ0n) is 20.5. The Morgan fingerprint density at radius 1 is 0.676 bits per heavy atom. The van der Waals surface area contributed by atoms with Gasteiger partial charge in [-0.15, -0.1) is 0 Å². The van der Waals surface area contributed by atoms with Crippen molar-refractivity contribution in [2.45, 2.75) is 58.3 Å². The van der Waals surface area contributed by atoms with Crippen LogP contribution in [-0.2, 0) is 23.1 Å². The van der Waals surface area contributed by atoms with Crippen molar-refractivity contribution in [2.75, 3.05) is 46.2 Å². The molecule has 0 aliphatic heterocycles. The number of hydrogen-bond acceptors (Lipinski definition) is 6. The molecule has 2 aromatic carbocycles. The van der Waals surface area contributed by atoms with Crippen LogP contribution >= 0.6 is 7.82 Å². The third-order valence-corrected chi connectivity index (χ3v) is 6.36. The van der Waals surface area contributed by atoms with Gasteiger partial charge >= 0.3 is 7.82 Å². The summed E-state index contributed by atoms with van der Waals surface area (Å²) in [5.41, 5.74) is 0. The van der Waals surface area contributed by atoms with Gasteiger partial charge in [0.15, 0.2) is 0 Å². The van der Waals surface area contributed by atoms with Crippen LogP contribution in [0.1, 0.15) is 58.3 Å². The first-order valence-electron chi connectivity index (χ1n) is 12.5. The van der Waals surface area contributed by atoms with E-state index < -0.39 is 7.82 Å². The number of rotatable bonds is 21. The van der Waals surface area contributed by atoms with Crippen molar-refractivity contribution in [3.05, 3.63) is 42.5 Å². The summed E-state index contributed by atoms with van der Waals surface area (Å²) >= 11 is 0. The lowest BCUT2D eigenvalue weighted by Gasteiger charge is -2.12. The molecule has 2 rings (SSSR count). The Kier molecular flexibility index (Phi) is 15.1. The summed E-state index contributed by atoms with van der Waals surface area (Å²) in [6.45, 7) is 4.30. The number of phosphoric ester groups is 1. The van der Waals surface area contributed by atoms with Crippen LogP contribution in [-0.4, -0.2) is 51.1 Å². The monoisotopic (exact) mass is 496 g/mol. The Morgan fingerprint density at radius 2 is 1.26 bits per heavy atom. The predicted octanol–water partition coefficient (Wildman–Crippen LogP) is 6.53. The molecule has 0 amide bonds. The molecule has 0 spiro atoms. The Morgan fingerprint density at radius 3 is 2.03 bits per heavy atom. The number of benzene rings is 2. The molecule has 0 aromatic heterocycles. The highest BCUT2D eigenvalue weighted by Gasteiger charge is 2.20. The summed E-state index contributed by atoms with van der Waals surface area (Å²) in [5.74, 6) is 0.841. The smallest absolute Gasteiger partial charge is 0.472 e. The molecule has 192 valence electrons. The topological polar surface area (TPSA) is 83.5 Å². The highest BCUT2D eigenvalue weighted by atomic mass is 31.2. The van der Waals surface area contributed by atoms with Gasteiger partial charge in [-0.2, -0.15) is 0 Å². The van der Waals surface area contributed by atoms with E-state index >= 15 is 0 Å². The number of hydrogen-bond donors (Lipinski definition) is 1. The fourth-order valence-corrected chi connectivity index (χ4v) is 4.26. The largest absolute Gasteiger partial charge is 0.491 e. The maximum atomic E-state index is 11.8. The lowest BCUT2D eigenvalue weighted by Crippen LogP contribution is -2.12.